The number of aromatic hydroxyl groups is 2. The molecule has 1 aliphatic heterocycles. The fourth-order valence-corrected chi connectivity index (χ4v) is 8.09. The molecule has 1 fully saturated rings. The van der Waals surface area contributed by atoms with Gasteiger partial charge in [0, 0.05) is 17.5 Å². The molecule has 4 N–H and O–H groups in total. The van der Waals surface area contributed by atoms with Crippen molar-refractivity contribution in [1.82, 2.24) is 25.8 Å². The maximum Gasteiger partial charge on any atom is 0.146 e. The van der Waals surface area contributed by atoms with Crippen LogP contribution in [0.2, 0.25) is 0 Å². The molecule has 2 atom stereocenters. The summed E-state index contributed by atoms with van der Waals surface area (Å²) in [5.74, 6) is 0.278. The molecule has 8 heteroatoms. The monoisotopic (exact) mass is 662 g/mol. The summed E-state index contributed by atoms with van der Waals surface area (Å²) in [6.07, 6.45) is 10.5. The first kappa shape index (κ1) is 34.7. The van der Waals surface area contributed by atoms with E-state index in [2.05, 4.69) is 110 Å². The number of hydrogen-bond acceptors (Lipinski definition) is 7. The summed E-state index contributed by atoms with van der Waals surface area (Å²) in [6.45, 7) is 22.6. The predicted octanol–water partition coefficient (Wildman–Crippen LogP) is 8.54. The van der Waals surface area contributed by atoms with Crippen LogP contribution >= 0.6 is 0 Å². The van der Waals surface area contributed by atoms with Gasteiger partial charge < -0.3 is 10.2 Å². The van der Waals surface area contributed by atoms with Crippen molar-refractivity contribution in [1.29, 1.82) is 0 Å². The van der Waals surface area contributed by atoms with E-state index in [1.54, 1.807) is 4.80 Å². The molecule has 260 valence electrons. The number of nitrogens with one attached hydrogen (secondary N) is 2. The highest BCUT2D eigenvalue weighted by atomic mass is 16.3. The van der Waals surface area contributed by atoms with E-state index in [9.17, 15) is 10.2 Å². The number of allylic oxidation sites excluding steroid dienone is 2. The molecule has 0 bridgehead atoms. The molecule has 6 rings (SSSR count). The second-order valence-corrected chi connectivity index (χ2v) is 17.8. The van der Waals surface area contributed by atoms with E-state index >= 15 is 0 Å². The van der Waals surface area contributed by atoms with Crippen LogP contribution in [-0.2, 0) is 17.3 Å². The van der Waals surface area contributed by atoms with Crippen molar-refractivity contribution in [3.05, 3.63) is 95.1 Å². The average Bonchev–Trinajstić information content (AvgIpc) is 3.61. The lowest BCUT2D eigenvalue weighted by molar-refractivity contribution is 0.283. The Morgan fingerprint density at radius 2 is 1.06 bits per heavy atom. The molecular formula is C41H54N6O2. The van der Waals surface area contributed by atoms with Gasteiger partial charge in [0.1, 0.15) is 33.9 Å². The van der Waals surface area contributed by atoms with Crippen molar-refractivity contribution in [2.75, 3.05) is 5.12 Å². The van der Waals surface area contributed by atoms with Crippen molar-refractivity contribution in [3.8, 4) is 17.2 Å². The van der Waals surface area contributed by atoms with Crippen LogP contribution in [0.3, 0.4) is 0 Å². The Kier molecular flexibility index (Phi) is 8.73. The average molecular weight is 663 g/mol. The van der Waals surface area contributed by atoms with Crippen molar-refractivity contribution in [2.24, 2.45) is 10.8 Å². The maximum absolute atomic E-state index is 12.1. The van der Waals surface area contributed by atoms with E-state index in [1.165, 1.54) is 0 Å². The Morgan fingerprint density at radius 1 is 0.633 bits per heavy atom. The quantitative estimate of drug-likeness (QED) is 0.150. The number of fused-ring (bicyclic) bond motifs is 2. The molecule has 2 aliphatic rings. The van der Waals surface area contributed by atoms with E-state index in [0.717, 1.165) is 40.6 Å². The number of hydrazine groups is 2. The highest BCUT2D eigenvalue weighted by Gasteiger charge is 2.35. The molecule has 0 saturated carbocycles. The lowest BCUT2D eigenvalue weighted by Crippen LogP contribution is -2.40. The van der Waals surface area contributed by atoms with Crippen molar-refractivity contribution >= 4 is 16.7 Å². The zero-order valence-electron chi connectivity index (χ0n) is 30.9. The SMILES string of the molecule is CC(C)(C)CC(C)(C)c1cc(Cc2cc(C(C)(C)CC(C)(C)C)cc(-n3nc4ccccc4n3)c2O)c(O)c(N2NC3C=CC=CC3N2)c1. The van der Waals surface area contributed by atoms with E-state index in [4.69, 9.17) is 10.2 Å². The van der Waals surface area contributed by atoms with E-state index < -0.39 is 0 Å². The second-order valence-electron chi connectivity index (χ2n) is 17.8. The molecular weight excluding hydrogens is 608 g/mol. The minimum absolute atomic E-state index is 0.0736. The number of phenolic OH excluding ortho intramolecular Hbond substituents is 2. The van der Waals surface area contributed by atoms with Crippen molar-refractivity contribution in [2.45, 2.75) is 111 Å². The van der Waals surface area contributed by atoms with Gasteiger partial charge in [-0.1, -0.05) is 118 Å². The van der Waals surface area contributed by atoms with Gasteiger partial charge in [0.25, 0.3) is 0 Å². The molecule has 1 aliphatic carbocycles. The topological polar surface area (TPSA) is 98.5 Å². The number of hydrogen-bond donors (Lipinski definition) is 4. The Balaban J connectivity index is 1.50. The minimum Gasteiger partial charge on any atom is -0.505 e. The maximum atomic E-state index is 12.1. The van der Waals surface area contributed by atoms with Gasteiger partial charge in [0.15, 0.2) is 0 Å². The first-order valence-electron chi connectivity index (χ1n) is 17.5. The number of phenols is 2. The molecule has 49 heavy (non-hydrogen) atoms. The van der Waals surface area contributed by atoms with Crippen LogP contribution in [0.15, 0.2) is 72.8 Å². The van der Waals surface area contributed by atoms with E-state index in [1.807, 2.05) is 47.6 Å². The first-order chi connectivity index (χ1) is 22.8. The summed E-state index contributed by atoms with van der Waals surface area (Å²) in [5.41, 5.74) is 13.2. The van der Waals surface area contributed by atoms with E-state index in [-0.39, 0.29) is 45.2 Å². The number of rotatable bonds is 8. The van der Waals surface area contributed by atoms with Gasteiger partial charge in [0.2, 0.25) is 0 Å². The molecule has 0 spiro atoms. The largest absolute Gasteiger partial charge is 0.505 e. The Hall–Kier alpha value is -4.14. The lowest BCUT2D eigenvalue weighted by Gasteiger charge is -2.35. The molecule has 2 heterocycles. The first-order valence-corrected chi connectivity index (χ1v) is 17.5. The third-order valence-electron chi connectivity index (χ3n) is 9.66. The Bertz CT molecular complexity index is 1870. The van der Waals surface area contributed by atoms with Crippen LogP contribution in [0.25, 0.3) is 16.7 Å². The molecule has 8 nitrogen and oxygen atoms in total. The summed E-state index contributed by atoms with van der Waals surface area (Å²) >= 11 is 0. The summed E-state index contributed by atoms with van der Waals surface area (Å²) in [7, 11) is 0. The smallest absolute Gasteiger partial charge is 0.146 e. The third kappa shape index (κ3) is 7.41. The molecule has 2 unspecified atom stereocenters. The molecule has 0 amide bonds. The third-order valence-corrected chi connectivity index (χ3v) is 9.66. The lowest BCUT2D eigenvalue weighted by atomic mass is 9.71. The van der Waals surface area contributed by atoms with Gasteiger partial charge in [-0.15, -0.1) is 15.0 Å². The number of benzene rings is 3. The normalized spacial score (nSPS) is 18.4. The molecule has 4 aromatic rings. The van der Waals surface area contributed by atoms with Gasteiger partial charge in [-0.05, 0) is 69.9 Å². The van der Waals surface area contributed by atoms with Crippen LogP contribution < -0.4 is 16.0 Å². The summed E-state index contributed by atoms with van der Waals surface area (Å²) in [6, 6.07) is 16.2. The number of anilines is 1. The summed E-state index contributed by atoms with van der Waals surface area (Å²) < 4.78 is 0. The zero-order valence-corrected chi connectivity index (χ0v) is 30.9. The molecule has 1 saturated heterocycles. The van der Waals surface area contributed by atoms with Gasteiger partial charge in [-0.25, -0.2) is 16.0 Å². The number of aromatic nitrogens is 3. The number of nitrogens with zero attached hydrogens (tertiary/aromatic N) is 4. The second kappa shape index (κ2) is 12.3. The highest BCUT2D eigenvalue weighted by molar-refractivity contribution is 5.74. The van der Waals surface area contributed by atoms with Gasteiger partial charge in [-0.2, -0.15) is 0 Å². The minimum atomic E-state index is -0.216. The van der Waals surface area contributed by atoms with Crippen molar-refractivity contribution in [3.63, 3.8) is 0 Å². The van der Waals surface area contributed by atoms with Gasteiger partial charge in [0.05, 0.1) is 12.1 Å². The molecule has 3 aromatic carbocycles. The Morgan fingerprint density at radius 3 is 1.51 bits per heavy atom. The van der Waals surface area contributed by atoms with Gasteiger partial charge >= 0.3 is 0 Å². The molecule has 1 aromatic heterocycles. The van der Waals surface area contributed by atoms with Crippen LogP contribution in [0.4, 0.5) is 5.69 Å². The summed E-state index contributed by atoms with van der Waals surface area (Å²) in [5, 5.41) is 35.4. The van der Waals surface area contributed by atoms with Crippen LogP contribution in [0.5, 0.6) is 11.5 Å². The van der Waals surface area contributed by atoms with Gasteiger partial charge in [-0.3, -0.25) is 0 Å². The fourth-order valence-electron chi connectivity index (χ4n) is 8.09. The van der Waals surface area contributed by atoms with E-state index in [0.29, 0.717) is 23.4 Å². The Labute approximate surface area is 291 Å². The van der Waals surface area contributed by atoms with Crippen LogP contribution in [0.1, 0.15) is 104 Å². The standard InChI is InChI=1S/C41H54N6O2/c1-38(2,3)24-40(7,8)28-20-26(36(48)34(22-28)46-42-30-15-11-12-16-31(30)43-46)19-27-21-29(41(9,10)25-39(4,5)6)23-35(37(27)49)47-44-32-17-13-14-18-33(32)45-47/h11-18,20-23,30-31,42-43,48-49H,19,24-25H2,1-10H3. The van der Waals surface area contributed by atoms with Crippen molar-refractivity contribution < 1.29 is 10.2 Å². The van der Waals surface area contributed by atoms with Crippen LogP contribution in [0, 0.1) is 10.8 Å². The molecule has 0 radical (unpaired) electrons. The van der Waals surface area contributed by atoms with Crippen LogP contribution in [-0.4, -0.2) is 37.3 Å². The fraction of sp³-hybridized carbons (Fsp3) is 0.463. The predicted molar refractivity (Wildman–Crippen MR) is 200 cm³/mol. The summed E-state index contributed by atoms with van der Waals surface area (Å²) in [4.78, 5) is 1.55. The highest BCUT2D eigenvalue weighted by Crippen LogP contribution is 2.44. The zero-order chi connectivity index (χ0) is 35.5.